The molecule has 24 heavy (non-hydrogen) atoms. The molecule has 2 rings (SSSR count). The zero-order valence-electron chi connectivity index (χ0n) is 14.5. The second kappa shape index (κ2) is 9.05. The maximum absolute atomic E-state index is 6.30. The van der Waals surface area contributed by atoms with Crippen LogP contribution in [0.3, 0.4) is 0 Å². The number of methoxy groups -OCH3 is 2. The van der Waals surface area contributed by atoms with Crippen molar-refractivity contribution in [3.05, 3.63) is 36.2 Å². The Balaban J connectivity index is 2.23. The first-order chi connectivity index (χ1) is 11.7. The molecule has 1 aromatic heterocycles. The molecular weight excluding hydrogens is 306 g/mol. The molecule has 0 radical (unpaired) electrons. The van der Waals surface area contributed by atoms with Crippen molar-refractivity contribution in [2.45, 2.75) is 6.92 Å². The summed E-state index contributed by atoms with van der Waals surface area (Å²) < 4.78 is 10.3. The minimum absolute atomic E-state index is 0.506. The van der Waals surface area contributed by atoms with E-state index in [1.165, 1.54) is 6.33 Å². The van der Waals surface area contributed by atoms with Crippen LogP contribution >= 0.6 is 0 Å². The summed E-state index contributed by atoms with van der Waals surface area (Å²) in [6, 6.07) is 8.04. The van der Waals surface area contributed by atoms with Crippen LogP contribution < -0.4 is 16.0 Å². The van der Waals surface area contributed by atoms with Crippen LogP contribution in [0.1, 0.15) is 5.56 Å². The summed E-state index contributed by atoms with van der Waals surface area (Å²) in [7, 11) is 3.34. The zero-order chi connectivity index (χ0) is 17.4. The highest BCUT2D eigenvalue weighted by Gasteiger charge is 2.15. The number of ether oxygens (including phenoxy) is 2. The zero-order valence-corrected chi connectivity index (χ0v) is 14.5. The number of rotatable bonds is 9. The first-order valence-electron chi connectivity index (χ1n) is 7.82. The molecule has 3 N–H and O–H groups in total. The van der Waals surface area contributed by atoms with Gasteiger partial charge in [-0.15, -0.1) is 0 Å². The van der Waals surface area contributed by atoms with Crippen LogP contribution in [0, 0.1) is 6.92 Å². The van der Waals surface area contributed by atoms with E-state index in [0.717, 1.165) is 11.3 Å². The maximum atomic E-state index is 6.30. The Morgan fingerprint density at radius 2 is 1.83 bits per heavy atom. The normalized spacial score (nSPS) is 10.6. The first-order valence-corrected chi connectivity index (χ1v) is 7.82. The summed E-state index contributed by atoms with van der Waals surface area (Å²) >= 11 is 0. The summed E-state index contributed by atoms with van der Waals surface area (Å²) in [6.45, 7) is 4.54. The smallest absolute Gasteiger partial charge is 0.159 e. The Hall–Kier alpha value is -2.38. The van der Waals surface area contributed by atoms with Crippen molar-refractivity contribution in [3.63, 3.8) is 0 Å². The van der Waals surface area contributed by atoms with E-state index < -0.39 is 0 Å². The molecule has 0 aliphatic rings. The molecule has 0 atom stereocenters. The molecule has 0 spiro atoms. The van der Waals surface area contributed by atoms with Gasteiger partial charge in [-0.25, -0.2) is 9.97 Å². The van der Waals surface area contributed by atoms with E-state index in [2.05, 4.69) is 15.3 Å². The summed E-state index contributed by atoms with van der Waals surface area (Å²) in [4.78, 5) is 10.6. The SMILES string of the molecule is COCCN(CCOC)c1ncnc(Nc2cccc(C)c2)c1N. The van der Waals surface area contributed by atoms with Crippen LogP contribution in [0.2, 0.25) is 0 Å². The van der Waals surface area contributed by atoms with Gasteiger partial charge in [0.25, 0.3) is 0 Å². The van der Waals surface area contributed by atoms with E-state index in [1.54, 1.807) is 14.2 Å². The molecule has 7 heteroatoms. The molecule has 7 nitrogen and oxygen atoms in total. The Kier molecular flexibility index (Phi) is 6.77. The van der Waals surface area contributed by atoms with Gasteiger partial charge in [0.15, 0.2) is 11.6 Å². The van der Waals surface area contributed by atoms with Crippen LogP contribution in [-0.2, 0) is 9.47 Å². The van der Waals surface area contributed by atoms with E-state index in [-0.39, 0.29) is 0 Å². The van der Waals surface area contributed by atoms with Gasteiger partial charge in [0, 0.05) is 33.0 Å². The van der Waals surface area contributed by atoms with Crippen LogP contribution in [0.15, 0.2) is 30.6 Å². The molecule has 0 saturated carbocycles. The van der Waals surface area contributed by atoms with E-state index in [9.17, 15) is 0 Å². The molecule has 0 unspecified atom stereocenters. The average Bonchev–Trinajstić information content (AvgIpc) is 2.57. The number of aromatic nitrogens is 2. The van der Waals surface area contributed by atoms with Gasteiger partial charge in [-0.05, 0) is 24.6 Å². The van der Waals surface area contributed by atoms with Crippen molar-refractivity contribution in [3.8, 4) is 0 Å². The Morgan fingerprint density at radius 1 is 1.12 bits per heavy atom. The van der Waals surface area contributed by atoms with Crippen LogP contribution in [0.4, 0.5) is 23.0 Å². The van der Waals surface area contributed by atoms with Crippen LogP contribution in [-0.4, -0.2) is 50.5 Å². The van der Waals surface area contributed by atoms with Crippen LogP contribution in [0.5, 0.6) is 0 Å². The van der Waals surface area contributed by atoms with Gasteiger partial charge in [-0.2, -0.15) is 0 Å². The second-order valence-electron chi connectivity index (χ2n) is 5.43. The lowest BCUT2D eigenvalue weighted by Gasteiger charge is -2.25. The van der Waals surface area contributed by atoms with Gasteiger partial charge in [0.1, 0.15) is 12.0 Å². The van der Waals surface area contributed by atoms with Crippen LogP contribution in [0.25, 0.3) is 0 Å². The monoisotopic (exact) mass is 331 g/mol. The number of nitrogens with zero attached hydrogens (tertiary/aromatic N) is 3. The van der Waals surface area contributed by atoms with Crippen molar-refractivity contribution in [2.75, 3.05) is 56.5 Å². The molecule has 0 aliphatic carbocycles. The molecule has 0 fully saturated rings. The molecule has 0 saturated heterocycles. The molecule has 0 aliphatic heterocycles. The minimum atomic E-state index is 0.506. The summed E-state index contributed by atoms with van der Waals surface area (Å²) in [6.07, 6.45) is 1.51. The Bertz CT molecular complexity index is 643. The van der Waals surface area contributed by atoms with Gasteiger partial charge < -0.3 is 25.4 Å². The predicted octanol–water partition coefficient (Wildman–Crippen LogP) is 2.21. The number of aryl methyl sites for hydroxylation is 1. The Labute approximate surface area is 142 Å². The molecule has 0 amide bonds. The fourth-order valence-electron chi connectivity index (χ4n) is 2.32. The topological polar surface area (TPSA) is 85.5 Å². The molecule has 1 aromatic carbocycles. The number of anilines is 4. The third-order valence-electron chi connectivity index (χ3n) is 3.57. The summed E-state index contributed by atoms with van der Waals surface area (Å²) in [5.74, 6) is 1.26. The summed E-state index contributed by atoms with van der Waals surface area (Å²) in [5.41, 5.74) is 8.91. The largest absolute Gasteiger partial charge is 0.393 e. The third kappa shape index (κ3) is 4.81. The lowest BCUT2D eigenvalue weighted by molar-refractivity contribution is 0.190. The van der Waals surface area contributed by atoms with Crippen molar-refractivity contribution < 1.29 is 9.47 Å². The number of nitrogens with one attached hydrogen (secondary N) is 1. The maximum Gasteiger partial charge on any atom is 0.159 e. The number of hydrogen-bond donors (Lipinski definition) is 2. The number of nitrogens with two attached hydrogens (primary N) is 1. The van der Waals surface area contributed by atoms with Crippen molar-refractivity contribution in [2.24, 2.45) is 0 Å². The Morgan fingerprint density at radius 3 is 2.46 bits per heavy atom. The standard InChI is InChI=1S/C17H25N5O2/c1-13-5-4-6-14(11-13)21-16-15(18)17(20-12-19-16)22(7-9-23-2)8-10-24-3/h4-6,11-12H,7-10,18H2,1-3H3,(H,19,20,21). The molecule has 0 bridgehead atoms. The predicted molar refractivity (Wildman–Crippen MR) is 96.9 cm³/mol. The quantitative estimate of drug-likeness (QED) is 0.728. The molecule has 2 aromatic rings. The summed E-state index contributed by atoms with van der Waals surface area (Å²) in [5, 5.41) is 3.26. The second-order valence-corrected chi connectivity index (χ2v) is 5.43. The van der Waals surface area contributed by atoms with Crippen molar-refractivity contribution in [1.29, 1.82) is 0 Å². The average molecular weight is 331 g/mol. The van der Waals surface area contributed by atoms with Crippen molar-refractivity contribution >= 4 is 23.0 Å². The highest BCUT2D eigenvalue weighted by atomic mass is 16.5. The van der Waals surface area contributed by atoms with E-state index in [1.807, 2.05) is 36.1 Å². The first kappa shape index (κ1) is 18.0. The van der Waals surface area contributed by atoms with Crippen molar-refractivity contribution in [1.82, 2.24) is 9.97 Å². The van der Waals surface area contributed by atoms with Gasteiger partial charge in [-0.3, -0.25) is 0 Å². The molecular formula is C17H25N5O2. The number of hydrogen-bond acceptors (Lipinski definition) is 7. The van der Waals surface area contributed by atoms with Gasteiger partial charge >= 0.3 is 0 Å². The number of nitrogen functional groups attached to an aromatic ring is 1. The fraction of sp³-hybridized carbons (Fsp3) is 0.412. The van der Waals surface area contributed by atoms with Gasteiger partial charge in [0.05, 0.1) is 13.2 Å². The minimum Gasteiger partial charge on any atom is -0.393 e. The number of benzene rings is 1. The fourth-order valence-corrected chi connectivity index (χ4v) is 2.32. The van der Waals surface area contributed by atoms with E-state index in [4.69, 9.17) is 15.2 Å². The van der Waals surface area contributed by atoms with Gasteiger partial charge in [-0.1, -0.05) is 12.1 Å². The highest BCUT2D eigenvalue weighted by Crippen LogP contribution is 2.28. The lowest BCUT2D eigenvalue weighted by Crippen LogP contribution is -2.32. The van der Waals surface area contributed by atoms with E-state index >= 15 is 0 Å². The lowest BCUT2D eigenvalue weighted by atomic mass is 10.2. The highest BCUT2D eigenvalue weighted by molar-refractivity contribution is 5.78. The van der Waals surface area contributed by atoms with E-state index in [0.29, 0.717) is 43.6 Å². The van der Waals surface area contributed by atoms with Gasteiger partial charge in [0.2, 0.25) is 0 Å². The molecule has 130 valence electrons. The molecule has 1 heterocycles. The third-order valence-corrected chi connectivity index (χ3v) is 3.57.